The minimum atomic E-state index is -3.41. The fourth-order valence-electron chi connectivity index (χ4n) is 1.15. The number of H-pyrrole nitrogens is 1. The van der Waals surface area contributed by atoms with Crippen LogP contribution in [0.5, 0.6) is 0 Å². The molecule has 0 amide bonds. The van der Waals surface area contributed by atoms with E-state index < -0.39 is 10.0 Å². The summed E-state index contributed by atoms with van der Waals surface area (Å²) in [7, 11) is -3.41. The molecule has 3 N–H and O–H groups in total. The van der Waals surface area contributed by atoms with E-state index in [-0.39, 0.29) is 5.75 Å². The van der Waals surface area contributed by atoms with Crippen molar-refractivity contribution >= 4 is 10.0 Å². The third-order valence-electron chi connectivity index (χ3n) is 1.61. The zero-order valence-corrected chi connectivity index (χ0v) is 7.90. The van der Waals surface area contributed by atoms with E-state index in [0.29, 0.717) is 0 Å². The smallest absolute Gasteiger partial charge is 0.213 e. The Morgan fingerprint density at radius 1 is 1.50 bits per heavy atom. The molecule has 0 bridgehead atoms. The van der Waals surface area contributed by atoms with Crippen molar-refractivity contribution in [2.45, 2.75) is 19.6 Å². The topological polar surface area (TPSA) is 76.0 Å². The maximum Gasteiger partial charge on any atom is 0.213 e. The van der Waals surface area contributed by atoms with Gasteiger partial charge in [0.15, 0.2) is 0 Å². The number of hydrogen-bond donors (Lipinski definition) is 2. The van der Waals surface area contributed by atoms with Gasteiger partial charge in [0.25, 0.3) is 0 Å². The summed E-state index contributed by atoms with van der Waals surface area (Å²) in [6.07, 6.45) is 0. The third kappa shape index (κ3) is 2.35. The molecule has 12 heavy (non-hydrogen) atoms. The average molecular weight is 188 g/mol. The maximum absolute atomic E-state index is 10.7. The summed E-state index contributed by atoms with van der Waals surface area (Å²) in [4.78, 5) is 3.01. The number of aromatic amines is 1. The van der Waals surface area contributed by atoms with E-state index >= 15 is 0 Å². The fraction of sp³-hybridized carbons (Fsp3) is 0.429. The fourth-order valence-corrected chi connectivity index (χ4v) is 1.88. The van der Waals surface area contributed by atoms with Gasteiger partial charge in [0.1, 0.15) is 0 Å². The first-order valence-corrected chi connectivity index (χ1v) is 5.25. The molecular formula is C7H12N2O2S. The molecular weight excluding hydrogens is 176 g/mol. The molecule has 0 aromatic carbocycles. The first kappa shape index (κ1) is 9.28. The molecule has 4 nitrogen and oxygen atoms in total. The second kappa shape index (κ2) is 2.91. The van der Waals surface area contributed by atoms with Crippen molar-refractivity contribution in [3.8, 4) is 0 Å². The predicted molar refractivity (Wildman–Crippen MR) is 47.1 cm³/mol. The van der Waals surface area contributed by atoms with Crippen LogP contribution in [0.3, 0.4) is 0 Å². The Labute approximate surface area is 71.8 Å². The molecule has 0 aliphatic heterocycles. The van der Waals surface area contributed by atoms with Crippen LogP contribution in [0.15, 0.2) is 6.07 Å². The van der Waals surface area contributed by atoms with Gasteiger partial charge in [0.05, 0.1) is 5.75 Å². The van der Waals surface area contributed by atoms with E-state index in [1.54, 1.807) is 6.07 Å². The van der Waals surface area contributed by atoms with Gasteiger partial charge in [0.2, 0.25) is 10.0 Å². The largest absolute Gasteiger partial charge is 0.362 e. The molecule has 1 aromatic heterocycles. The van der Waals surface area contributed by atoms with Crippen molar-refractivity contribution in [3.05, 3.63) is 23.0 Å². The van der Waals surface area contributed by atoms with Crippen LogP contribution in [0.4, 0.5) is 0 Å². The highest BCUT2D eigenvalue weighted by Gasteiger charge is 2.08. The van der Waals surface area contributed by atoms with Gasteiger partial charge in [0, 0.05) is 11.4 Å². The highest BCUT2D eigenvalue weighted by atomic mass is 32.2. The number of hydrogen-bond acceptors (Lipinski definition) is 2. The van der Waals surface area contributed by atoms with E-state index in [9.17, 15) is 8.42 Å². The number of aromatic nitrogens is 1. The Bertz CT molecular complexity index is 378. The molecule has 5 heteroatoms. The van der Waals surface area contributed by atoms with Crippen LogP contribution < -0.4 is 5.14 Å². The van der Waals surface area contributed by atoms with Crippen LogP contribution in [-0.2, 0) is 15.8 Å². The first-order valence-electron chi connectivity index (χ1n) is 3.54. The number of nitrogens with one attached hydrogen (secondary N) is 1. The minimum absolute atomic E-state index is 0.0941. The lowest BCUT2D eigenvalue weighted by Gasteiger charge is -1.95. The quantitative estimate of drug-likeness (QED) is 0.705. The molecule has 0 aliphatic carbocycles. The number of aryl methyl sites for hydroxylation is 2. The van der Waals surface area contributed by atoms with E-state index in [1.807, 2.05) is 13.8 Å². The minimum Gasteiger partial charge on any atom is -0.362 e. The number of rotatable bonds is 2. The SMILES string of the molecule is Cc1cc(CS(N)(=O)=O)c(C)[nH]1. The van der Waals surface area contributed by atoms with Crippen LogP contribution in [0.25, 0.3) is 0 Å². The summed E-state index contributed by atoms with van der Waals surface area (Å²) in [6, 6.07) is 1.79. The molecule has 1 heterocycles. The molecule has 0 spiro atoms. The van der Waals surface area contributed by atoms with Gasteiger partial charge in [-0.3, -0.25) is 0 Å². The lowest BCUT2D eigenvalue weighted by molar-refractivity contribution is 0.597. The molecule has 1 aromatic rings. The Hall–Kier alpha value is -0.810. The normalized spacial score (nSPS) is 11.9. The van der Waals surface area contributed by atoms with E-state index in [0.717, 1.165) is 17.0 Å². The predicted octanol–water partition coefficient (Wildman–Crippen LogP) is 0.420. The Morgan fingerprint density at radius 2 is 2.08 bits per heavy atom. The summed E-state index contributed by atoms with van der Waals surface area (Å²) < 4.78 is 21.5. The highest BCUT2D eigenvalue weighted by molar-refractivity contribution is 7.88. The zero-order valence-electron chi connectivity index (χ0n) is 7.09. The van der Waals surface area contributed by atoms with Crippen LogP contribution >= 0.6 is 0 Å². The number of primary sulfonamides is 1. The van der Waals surface area contributed by atoms with Crippen molar-refractivity contribution in [2.75, 3.05) is 0 Å². The molecule has 0 fully saturated rings. The van der Waals surface area contributed by atoms with Crippen LogP contribution in [-0.4, -0.2) is 13.4 Å². The molecule has 0 atom stereocenters. The van der Waals surface area contributed by atoms with Crippen molar-refractivity contribution < 1.29 is 8.42 Å². The highest BCUT2D eigenvalue weighted by Crippen LogP contribution is 2.11. The Kier molecular flexibility index (Phi) is 2.25. The van der Waals surface area contributed by atoms with Gasteiger partial charge >= 0.3 is 0 Å². The van der Waals surface area contributed by atoms with Gasteiger partial charge in [-0.15, -0.1) is 0 Å². The zero-order chi connectivity index (χ0) is 9.35. The van der Waals surface area contributed by atoms with Crippen LogP contribution in [0.1, 0.15) is 17.0 Å². The first-order chi connectivity index (χ1) is 5.38. The second-order valence-corrected chi connectivity index (χ2v) is 4.52. The van der Waals surface area contributed by atoms with Crippen molar-refractivity contribution in [1.82, 2.24) is 4.98 Å². The Morgan fingerprint density at radius 3 is 2.42 bits per heavy atom. The number of nitrogens with two attached hydrogens (primary N) is 1. The van der Waals surface area contributed by atoms with Gasteiger partial charge in [-0.1, -0.05) is 0 Å². The molecule has 0 unspecified atom stereocenters. The summed E-state index contributed by atoms with van der Waals surface area (Å²) in [5, 5.41) is 4.90. The summed E-state index contributed by atoms with van der Waals surface area (Å²) in [6.45, 7) is 3.70. The van der Waals surface area contributed by atoms with E-state index in [4.69, 9.17) is 5.14 Å². The molecule has 0 aliphatic rings. The monoisotopic (exact) mass is 188 g/mol. The standard InChI is InChI=1S/C7H12N2O2S/c1-5-3-7(6(2)9-5)4-12(8,10)11/h3,9H,4H2,1-2H3,(H2,8,10,11). The molecule has 0 saturated carbocycles. The van der Waals surface area contributed by atoms with Crippen LogP contribution in [0, 0.1) is 13.8 Å². The average Bonchev–Trinajstić information content (AvgIpc) is 2.06. The lowest BCUT2D eigenvalue weighted by atomic mass is 10.3. The van der Waals surface area contributed by atoms with Gasteiger partial charge < -0.3 is 4.98 Å². The molecule has 1 rings (SSSR count). The van der Waals surface area contributed by atoms with Gasteiger partial charge in [-0.25, -0.2) is 13.6 Å². The third-order valence-corrected chi connectivity index (χ3v) is 2.33. The molecule has 68 valence electrons. The summed E-state index contributed by atoms with van der Waals surface area (Å²) >= 11 is 0. The summed E-state index contributed by atoms with van der Waals surface area (Å²) in [5.74, 6) is -0.0941. The van der Waals surface area contributed by atoms with Crippen molar-refractivity contribution in [2.24, 2.45) is 5.14 Å². The Balaban J connectivity index is 2.97. The number of sulfonamides is 1. The summed E-state index contributed by atoms with van der Waals surface area (Å²) in [5.41, 5.74) is 2.56. The van der Waals surface area contributed by atoms with Gasteiger partial charge in [-0.2, -0.15) is 0 Å². The van der Waals surface area contributed by atoms with Crippen LogP contribution in [0.2, 0.25) is 0 Å². The lowest BCUT2D eigenvalue weighted by Crippen LogP contribution is -2.14. The van der Waals surface area contributed by atoms with E-state index in [2.05, 4.69) is 4.98 Å². The second-order valence-electron chi connectivity index (χ2n) is 2.91. The van der Waals surface area contributed by atoms with E-state index in [1.165, 1.54) is 0 Å². The van der Waals surface area contributed by atoms with Crippen molar-refractivity contribution in [1.29, 1.82) is 0 Å². The maximum atomic E-state index is 10.7. The van der Waals surface area contributed by atoms with Gasteiger partial charge in [-0.05, 0) is 25.5 Å². The van der Waals surface area contributed by atoms with Crippen molar-refractivity contribution in [3.63, 3.8) is 0 Å². The molecule has 0 radical (unpaired) electrons. The molecule has 0 saturated heterocycles.